The van der Waals surface area contributed by atoms with Crippen molar-refractivity contribution in [2.75, 3.05) is 11.9 Å². The molecule has 230 valence electrons. The Morgan fingerprint density at radius 1 is 1.17 bits per heavy atom. The highest BCUT2D eigenvalue weighted by atomic mass is 35.5. The normalized spacial score (nSPS) is 12.5. The molecule has 14 heteroatoms. The van der Waals surface area contributed by atoms with Gasteiger partial charge in [0.25, 0.3) is 5.91 Å². The molecule has 0 aliphatic rings. The number of nitrogens with zero attached hydrogens (tertiary/aromatic N) is 5. The van der Waals surface area contributed by atoms with Gasteiger partial charge in [0.2, 0.25) is 5.91 Å². The molecule has 3 N–H and O–H groups in total. The summed E-state index contributed by atoms with van der Waals surface area (Å²) in [7, 11) is -1.19. The molecule has 3 aromatic rings. The van der Waals surface area contributed by atoms with Gasteiger partial charge in [0.15, 0.2) is 11.6 Å². The van der Waals surface area contributed by atoms with Gasteiger partial charge in [0.1, 0.15) is 23.3 Å². The van der Waals surface area contributed by atoms with Crippen LogP contribution in [-0.4, -0.2) is 67.0 Å². The third-order valence-electron chi connectivity index (χ3n) is 6.77. The van der Waals surface area contributed by atoms with Crippen molar-refractivity contribution in [2.45, 2.75) is 89.9 Å². The third kappa shape index (κ3) is 9.28. The molecular weight excluding hydrogens is 597 g/mol. The topological polar surface area (TPSA) is 136 Å². The lowest BCUT2D eigenvalue weighted by Gasteiger charge is -2.19. The van der Waals surface area contributed by atoms with Crippen LogP contribution in [0.5, 0.6) is 5.75 Å². The number of carbonyl (C=O) groups is 2. The van der Waals surface area contributed by atoms with E-state index in [4.69, 9.17) is 27.9 Å². The van der Waals surface area contributed by atoms with E-state index in [0.717, 1.165) is 23.0 Å². The van der Waals surface area contributed by atoms with E-state index in [2.05, 4.69) is 45.5 Å². The van der Waals surface area contributed by atoms with E-state index in [0.29, 0.717) is 44.0 Å². The Morgan fingerprint density at radius 3 is 2.55 bits per heavy atom. The van der Waals surface area contributed by atoms with E-state index in [-0.39, 0.29) is 18.0 Å². The largest absolute Gasteiger partial charge is 0.504 e. The Labute approximate surface area is 258 Å². The summed E-state index contributed by atoms with van der Waals surface area (Å²) in [6, 6.07) is 3.26. The highest BCUT2D eigenvalue weighted by Gasteiger charge is 2.25. The first-order chi connectivity index (χ1) is 19.8. The number of hydrogen-bond donors (Lipinski definition) is 3. The van der Waals surface area contributed by atoms with Gasteiger partial charge < -0.3 is 20.5 Å². The van der Waals surface area contributed by atoms with Crippen LogP contribution < -0.4 is 10.6 Å². The fourth-order valence-electron chi connectivity index (χ4n) is 4.41. The number of hydrogen-bond acceptors (Lipinski definition) is 7. The van der Waals surface area contributed by atoms with Crippen molar-refractivity contribution >= 4 is 48.9 Å². The van der Waals surface area contributed by atoms with E-state index in [1.54, 1.807) is 16.9 Å². The third-order valence-corrected chi connectivity index (χ3v) is 8.92. The lowest BCUT2D eigenvalue weighted by atomic mass is 10.1. The zero-order chi connectivity index (χ0) is 31.0. The molecule has 3 heterocycles. The molecule has 0 unspecified atom stereocenters. The summed E-state index contributed by atoms with van der Waals surface area (Å²) in [6.45, 7) is 14.1. The number of carbonyl (C=O) groups excluding carboxylic acids is 2. The van der Waals surface area contributed by atoms with Crippen LogP contribution in [0.2, 0.25) is 25.7 Å². The Bertz CT molecular complexity index is 1370. The maximum Gasteiger partial charge on any atom is 0.270 e. The predicted molar refractivity (Wildman–Crippen MR) is 168 cm³/mol. The number of aromatic nitrogens is 5. The molecule has 0 radical (unpaired) electrons. The lowest BCUT2D eigenvalue weighted by molar-refractivity contribution is -0.118. The fourth-order valence-corrected chi connectivity index (χ4v) is 5.48. The van der Waals surface area contributed by atoms with Crippen molar-refractivity contribution in [3.05, 3.63) is 41.6 Å². The maximum atomic E-state index is 13.3. The molecule has 0 saturated carbocycles. The quantitative estimate of drug-likeness (QED) is 0.114. The number of rotatable bonds is 15. The second-order valence-electron chi connectivity index (χ2n) is 11.4. The summed E-state index contributed by atoms with van der Waals surface area (Å²) in [5.74, 6) is -1.21. The second-order valence-corrected chi connectivity index (χ2v) is 18.3. The van der Waals surface area contributed by atoms with E-state index < -0.39 is 30.8 Å². The molecular formula is C28H41Cl2N7O4Si. The smallest absolute Gasteiger partial charge is 0.270 e. The molecule has 2 amide bonds. The van der Waals surface area contributed by atoms with Crippen LogP contribution in [0.1, 0.15) is 48.1 Å². The van der Waals surface area contributed by atoms with Gasteiger partial charge in [-0.05, 0) is 58.2 Å². The summed E-state index contributed by atoms with van der Waals surface area (Å²) in [6.07, 6.45) is 4.32. The fraction of sp³-hybridized carbons (Fsp3) is 0.536. The minimum absolute atomic E-state index is 0.0217. The van der Waals surface area contributed by atoms with Gasteiger partial charge in [-0.2, -0.15) is 10.2 Å². The van der Waals surface area contributed by atoms with Gasteiger partial charge >= 0.3 is 0 Å². The molecule has 11 nitrogen and oxygen atoms in total. The second kappa shape index (κ2) is 15.0. The van der Waals surface area contributed by atoms with Crippen molar-refractivity contribution in [1.82, 2.24) is 29.9 Å². The highest BCUT2D eigenvalue weighted by molar-refractivity contribution is 6.76. The number of anilines is 1. The van der Waals surface area contributed by atoms with Crippen LogP contribution in [0.4, 0.5) is 5.82 Å². The van der Waals surface area contributed by atoms with Crippen molar-refractivity contribution in [2.24, 2.45) is 0 Å². The molecule has 0 fully saturated rings. The zero-order valence-electron chi connectivity index (χ0n) is 25.1. The van der Waals surface area contributed by atoms with Crippen molar-refractivity contribution in [3.63, 3.8) is 0 Å². The molecule has 0 aromatic carbocycles. The van der Waals surface area contributed by atoms with Gasteiger partial charge in [-0.15, -0.1) is 23.2 Å². The van der Waals surface area contributed by atoms with Crippen LogP contribution in [0, 0.1) is 13.8 Å². The molecule has 0 aliphatic heterocycles. The number of nitrogens with one attached hydrogen (secondary N) is 2. The van der Waals surface area contributed by atoms with Crippen LogP contribution in [0.25, 0.3) is 11.1 Å². The molecule has 3 aromatic heterocycles. The first kappa shape index (κ1) is 33.6. The molecule has 0 spiro atoms. The van der Waals surface area contributed by atoms with E-state index in [9.17, 15) is 14.7 Å². The molecule has 0 bridgehead atoms. The van der Waals surface area contributed by atoms with Crippen LogP contribution in [-0.2, 0) is 22.8 Å². The van der Waals surface area contributed by atoms with Crippen LogP contribution in [0.3, 0.4) is 0 Å². The number of ether oxygens (including phenoxy) is 1. The highest BCUT2D eigenvalue weighted by Crippen LogP contribution is 2.32. The van der Waals surface area contributed by atoms with Gasteiger partial charge in [-0.1, -0.05) is 19.6 Å². The SMILES string of the molecule is CCn1nccc1C(=O)N[C@@H](CCCC(Cl)Cl)C(=O)Nc1ncc(-c2c(C)nn(COCC[Si](C)(C)C)c2C)cc1O. The summed E-state index contributed by atoms with van der Waals surface area (Å²) in [5.41, 5.74) is 3.47. The summed E-state index contributed by atoms with van der Waals surface area (Å²) in [5, 5.41) is 24.9. The number of amides is 2. The maximum absolute atomic E-state index is 13.3. The van der Waals surface area contributed by atoms with Gasteiger partial charge in [-0.25, -0.2) is 9.67 Å². The van der Waals surface area contributed by atoms with E-state index in [1.807, 2.05) is 20.8 Å². The number of aryl methyl sites for hydroxylation is 2. The number of alkyl halides is 2. The monoisotopic (exact) mass is 637 g/mol. The Morgan fingerprint density at radius 2 is 1.90 bits per heavy atom. The number of halogens is 2. The molecule has 0 saturated heterocycles. The minimum atomic E-state index is -1.19. The van der Waals surface area contributed by atoms with Crippen molar-refractivity contribution in [3.8, 4) is 16.9 Å². The average Bonchev–Trinajstić information content (AvgIpc) is 3.50. The average molecular weight is 639 g/mol. The van der Waals surface area contributed by atoms with E-state index in [1.165, 1.54) is 16.9 Å². The molecule has 42 heavy (non-hydrogen) atoms. The Hall–Kier alpha value is -2.93. The Kier molecular flexibility index (Phi) is 12.0. The van der Waals surface area contributed by atoms with Crippen molar-refractivity contribution in [1.29, 1.82) is 0 Å². The number of aromatic hydroxyl groups is 1. The summed E-state index contributed by atoms with van der Waals surface area (Å²) in [4.78, 5) is 29.9. The molecule has 3 rings (SSSR count). The number of pyridine rings is 1. The minimum Gasteiger partial charge on any atom is -0.504 e. The van der Waals surface area contributed by atoms with Crippen molar-refractivity contribution < 1.29 is 19.4 Å². The predicted octanol–water partition coefficient (Wildman–Crippen LogP) is 5.51. The van der Waals surface area contributed by atoms with E-state index >= 15 is 0 Å². The van der Waals surface area contributed by atoms with Crippen LogP contribution >= 0.6 is 23.2 Å². The van der Waals surface area contributed by atoms with Crippen LogP contribution in [0.15, 0.2) is 24.5 Å². The first-order valence-electron chi connectivity index (χ1n) is 14.0. The zero-order valence-corrected chi connectivity index (χ0v) is 27.6. The molecule has 1 atom stereocenters. The first-order valence-corrected chi connectivity index (χ1v) is 18.6. The molecule has 0 aliphatic carbocycles. The lowest BCUT2D eigenvalue weighted by Crippen LogP contribution is -2.44. The summed E-state index contributed by atoms with van der Waals surface area (Å²) >= 11 is 11.7. The van der Waals surface area contributed by atoms with Gasteiger partial charge in [-0.3, -0.25) is 14.3 Å². The van der Waals surface area contributed by atoms with Gasteiger partial charge in [0.05, 0.1) is 5.69 Å². The van der Waals surface area contributed by atoms with Gasteiger partial charge in [0, 0.05) is 50.4 Å². The summed E-state index contributed by atoms with van der Waals surface area (Å²) < 4.78 is 9.20. The standard InChI is InChI=1S/C28H41Cl2N7O4Si/c1-7-36-22(11-12-32-36)28(40)33-21(9-8-10-24(29)30)27(39)34-26-23(38)15-20(16-31-26)25-18(2)35-37(19(25)3)17-41-13-14-42(4,5)6/h11-12,15-16,21,24,38H,7-10,13-14,17H2,1-6H3,(H,33,40)(H,31,34,39)/t21-/m0/s1. The Balaban J connectivity index is 1.73.